The molecule has 0 aliphatic rings. The van der Waals surface area contributed by atoms with Gasteiger partial charge in [-0.3, -0.25) is 4.79 Å². The van der Waals surface area contributed by atoms with Crippen molar-refractivity contribution >= 4 is 29.1 Å². The molecule has 5 nitrogen and oxygen atoms in total. The van der Waals surface area contributed by atoms with Gasteiger partial charge in [0.1, 0.15) is 5.69 Å². The SMILES string of the molecule is Cc1cccc(CNc2nccc(C(=O)Nc3cccc(Cl)c3C)n2)c1. The predicted molar refractivity (Wildman–Crippen MR) is 105 cm³/mol. The van der Waals surface area contributed by atoms with Crippen molar-refractivity contribution in [2.24, 2.45) is 0 Å². The molecule has 3 aromatic rings. The summed E-state index contributed by atoms with van der Waals surface area (Å²) < 4.78 is 0. The second kappa shape index (κ2) is 7.97. The third-order valence-electron chi connectivity index (χ3n) is 3.94. The van der Waals surface area contributed by atoms with Crippen LogP contribution in [0.15, 0.2) is 54.7 Å². The van der Waals surface area contributed by atoms with Crippen molar-refractivity contribution in [3.63, 3.8) is 0 Å². The Balaban J connectivity index is 1.70. The number of aryl methyl sites for hydroxylation is 1. The summed E-state index contributed by atoms with van der Waals surface area (Å²) in [6, 6.07) is 15.1. The fourth-order valence-corrected chi connectivity index (χ4v) is 2.68. The lowest BCUT2D eigenvalue weighted by Crippen LogP contribution is -2.16. The zero-order chi connectivity index (χ0) is 18.5. The predicted octanol–water partition coefficient (Wildman–Crippen LogP) is 4.61. The maximum absolute atomic E-state index is 12.5. The van der Waals surface area contributed by atoms with Crippen LogP contribution in [0.3, 0.4) is 0 Å². The lowest BCUT2D eigenvalue weighted by atomic mass is 10.1. The average molecular weight is 367 g/mol. The van der Waals surface area contributed by atoms with Crippen molar-refractivity contribution < 1.29 is 4.79 Å². The Kier molecular flexibility index (Phi) is 5.49. The van der Waals surface area contributed by atoms with Gasteiger partial charge in [-0.1, -0.05) is 47.5 Å². The Labute approximate surface area is 157 Å². The molecular formula is C20H19ClN4O. The highest BCUT2D eigenvalue weighted by atomic mass is 35.5. The third-order valence-corrected chi connectivity index (χ3v) is 4.35. The van der Waals surface area contributed by atoms with Crippen LogP contribution in [-0.4, -0.2) is 15.9 Å². The van der Waals surface area contributed by atoms with Crippen molar-refractivity contribution in [2.75, 3.05) is 10.6 Å². The molecule has 0 unspecified atom stereocenters. The highest BCUT2D eigenvalue weighted by Crippen LogP contribution is 2.23. The third kappa shape index (κ3) is 4.37. The Bertz CT molecular complexity index is 943. The van der Waals surface area contributed by atoms with Gasteiger partial charge in [-0.15, -0.1) is 0 Å². The fraction of sp³-hybridized carbons (Fsp3) is 0.150. The number of anilines is 2. The number of hydrogen-bond donors (Lipinski definition) is 2. The first-order valence-electron chi connectivity index (χ1n) is 8.22. The van der Waals surface area contributed by atoms with E-state index in [1.807, 2.05) is 32.0 Å². The van der Waals surface area contributed by atoms with Crippen molar-refractivity contribution in [2.45, 2.75) is 20.4 Å². The number of carbonyl (C=O) groups is 1. The van der Waals surface area contributed by atoms with Crippen LogP contribution in [0.5, 0.6) is 0 Å². The maximum Gasteiger partial charge on any atom is 0.274 e. The molecule has 0 fully saturated rings. The number of carbonyl (C=O) groups excluding carboxylic acids is 1. The van der Waals surface area contributed by atoms with Crippen molar-refractivity contribution in [1.82, 2.24) is 9.97 Å². The van der Waals surface area contributed by atoms with Crippen LogP contribution < -0.4 is 10.6 Å². The van der Waals surface area contributed by atoms with Gasteiger partial charge in [-0.05, 0) is 43.2 Å². The van der Waals surface area contributed by atoms with Crippen LogP contribution in [0.1, 0.15) is 27.2 Å². The molecule has 0 saturated carbocycles. The van der Waals surface area contributed by atoms with E-state index in [1.165, 1.54) is 5.56 Å². The minimum atomic E-state index is -0.309. The number of amides is 1. The zero-order valence-corrected chi connectivity index (χ0v) is 15.3. The summed E-state index contributed by atoms with van der Waals surface area (Å²) in [5.74, 6) is 0.0957. The molecule has 26 heavy (non-hydrogen) atoms. The molecular weight excluding hydrogens is 348 g/mol. The molecule has 132 valence electrons. The van der Waals surface area contributed by atoms with Crippen molar-refractivity contribution in [1.29, 1.82) is 0 Å². The molecule has 1 amide bonds. The van der Waals surface area contributed by atoms with Crippen molar-refractivity contribution in [3.8, 4) is 0 Å². The summed E-state index contributed by atoms with van der Waals surface area (Å²) in [5, 5.41) is 6.58. The van der Waals surface area contributed by atoms with E-state index in [2.05, 4.69) is 26.7 Å². The molecule has 2 aromatic carbocycles. The monoisotopic (exact) mass is 366 g/mol. The summed E-state index contributed by atoms with van der Waals surface area (Å²) in [6.45, 7) is 4.48. The standard InChI is InChI=1S/C20H19ClN4O/c1-13-5-3-6-15(11-13)12-23-20-22-10-9-18(25-20)19(26)24-17-8-4-7-16(21)14(17)2/h3-11H,12H2,1-2H3,(H,24,26)(H,22,23,25). The highest BCUT2D eigenvalue weighted by Gasteiger charge is 2.11. The van der Waals surface area contributed by atoms with Crippen LogP contribution in [0.25, 0.3) is 0 Å². The molecule has 0 aliphatic carbocycles. The summed E-state index contributed by atoms with van der Waals surface area (Å²) >= 11 is 6.09. The summed E-state index contributed by atoms with van der Waals surface area (Å²) in [4.78, 5) is 20.9. The quantitative estimate of drug-likeness (QED) is 0.691. The maximum atomic E-state index is 12.5. The molecule has 0 aliphatic heterocycles. The lowest BCUT2D eigenvalue weighted by Gasteiger charge is -2.10. The summed E-state index contributed by atoms with van der Waals surface area (Å²) in [5.41, 5.74) is 4.07. The largest absolute Gasteiger partial charge is 0.350 e. The molecule has 1 heterocycles. The summed E-state index contributed by atoms with van der Waals surface area (Å²) in [6.07, 6.45) is 1.56. The second-order valence-corrected chi connectivity index (χ2v) is 6.38. The first kappa shape index (κ1) is 17.9. The van der Waals surface area contributed by atoms with Gasteiger partial charge in [0, 0.05) is 23.5 Å². The van der Waals surface area contributed by atoms with Gasteiger partial charge >= 0.3 is 0 Å². The molecule has 6 heteroatoms. The second-order valence-electron chi connectivity index (χ2n) is 5.97. The van der Waals surface area contributed by atoms with Gasteiger partial charge in [0.05, 0.1) is 0 Å². The van der Waals surface area contributed by atoms with Gasteiger partial charge in [0.15, 0.2) is 0 Å². The Morgan fingerprint density at radius 1 is 1.12 bits per heavy atom. The topological polar surface area (TPSA) is 66.9 Å². The molecule has 0 spiro atoms. The van der Waals surface area contributed by atoms with Gasteiger partial charge in [-0.2, -0.15) is 0 Å². The zero-order valence-electron chi connectivity index (χ0n) is 14.6. The Morgan fingerprint density at radius 2 is 1.92 bits per heavy atom. The average Bonchev–Trinajstić information content (AvgIpc) is 2.64. The Hall–Kier alpha value is -2.92. The molecule has 0 saturated heterocycles. The molecule has 3 rings (SSSR count). The normalized spacial score (nSPS) is 10.4. The van der Waals surface area contributed by atoms with E-state index in [9.17, 15) is 4.79 Å². The van der Waals surface area contributed by atoms with E-state index >= 15 is 0 Å². The van der Waals surface area contributed by atoms with Gasteiger partial charge in [0.2, 0.25) is 5.95 Å². The van der Waals surface area contributed by atoms with Crippen LogP contribution in [0, 0.1) is 13.8 Å². The van der Waals surface area contributed by atoms with E-state index < -0.39 is 0 Å². The smallest absolute Gasteiger partial charge is 0.274 e. The van der Waals surface area contributed by atoms with Crippen LogP contribution in [-0.2, 0) is 6.54 Å². The van der Waals surface area contributed by atoms with Crippen molar-refractivity contribution in [3.05, 3.63) is 82.1 Å². The number of hydrogen-bond acceptors (Lipinski definition) is 4. The number of nitrogens with one attached hydrogen (secondary N) is 2. The number of halogens is 1. The minimum Gasteiger partial charge on any atom is -0.350 e. The van der Waals surface area contributed by atoms with Gasteiger partial charge < -0.3 is 10.6 Å². The van der Waals surface area contributed by atoms with E-state index in [0.717, 1.165) is 11.1 Å². The van der Waals surface area contributed by atoms with E-state index in [4.69, 9.17) is 11.6 Å². The highest BCUT2D eigenvalue weighted by molar-refractivity contribution is 6.31. The van der Waals surface area contributed by atoms with Crippen LogP contribution in [0.2, 0.25) is 5.02 Å². The fourth-order valence-electron chi connectivity index (χ4n) is 2.50. The Morgan fingerprint density at radius 3 is 2.73 bits per heavy atom. The van der Waals surface area contributed by atoms with Gasteiger partial charge in [-0.25, -0.2) is 9.97 Å². The van der Waals surface area contributed by atoms with Crippen LogP contribution in [0.4, 0.5) is 11.6 Å². The van der Waals surface area contributed by atoms with E-state index in [-0.39, 0.29) is 11.6 Å². The number of rotatable bonds is 5. The molecule has 0 radical (unpaired) electrons. The number of aromatic nitrogens is 2. The van der Waals surface area contributed by atoms with Gasteiger partial charge in [0.25, 0.3) is 5.91 Å². The number of benzene rings is 2. The van der Waals surface area contributed by atoms with E-state index in [0.29, 0.717) is 23.2 Å². The molecule has 0 bridgehead atoms. The number of nitrogens with zero attached hydrogens (tertiary/aromatic N) is 2. The molecule has 1 aromatic heterocycles. The summed E-state index contributed by atoms with van der Waals surface area (Å²) in [7, 11) is 0. The minimum absolute atomic E-state index is 0.283. The lowest BCUT2D eigenvalue weighted by molar-refractivity contribution is 0.102. The first-order valence-corrected chi connectivity index (χ1v) is 8.59. The van der Waals surface area contributed by atoms with Crippen LogP contribution >= 0.6 is 11.6 Å². The molecule has 2 N–H and O–H groups in total. The first-order chi connectivity index (χ1) is 12.5. The molecule has 0 atom stereocenters. The van der Waals surface area contributed by atoms with E-state index in [1.54, 1.807) is 30.5 Å².